The molecule has 2 N–H and O–H groups in total. The van der Waals surface area contributed by atoms with Crippen LogP contribution in [0.25, 0.3) is 0 Å². The number of aliphatic hydroxyl groups is 1. The fourth-order valence-electron chi connectivity index (χ4n) is 2.04. The maximum Gasteiger partial charge on any atom is 0.254 e. The van der Waals surface area contributed by atoms with Crippen molar-refractivity contribution in [3.05, 3.63) is 70.5 Å². The second-order valence-electron chi connectivity index (χ2n) is 4.80. The zero-order valence-corrected chi connectivity index (χ0v) is 11.7. The average molecular weight is 309 g/mol. The number of benzene rings is 2. The summed E-state index contributed by atoms with van der Waals surface area (Å²) in [5, 5.41) is 12.1. The van der Waals surface area contributed by atoms with Crippen molar-refractivity contribution in [2.24, 2.45) is 0 Å². The van der Waals surface area contributed by atoms with Crippen molar-refractivity contribution in [3.63, 3.8) is 0 Å². The number of hydrogen-bond donors (Lipinski definition) is 2. The van der Waals surface area contributed by atoms with Crippen LogP contribution >= 0.6 is 0 Å². The van der Waals surface area contributed by atoms with Crippen molar-refractivity contribution in [1.29, 1.82) is 0 Å². The number of halogens is 3. The Kier molecular flexibility index (Phi) is 4.82. The highest BCUT2D eigenvalue weighted by Gasteiger charge is 2.20. The summed E-state index contributed by atoms with van der Waals surface area (Å²) in [5.41, 5.74) is -0.429. The van der Waals surface area contributed by atoms with Gasteiger partial charge in [-0.3, -0.25) is 4.79 Å². The third-order valence-electron chi connectivity index (χ3n) is 3.23. The molecule has 3 nitrogen and oxygen atoms in total. The third kappa shape index (κ3) is 3.28. The highest BCUT2D eigenvalue weighted by Crippen LogP contribution is 2.20. The first-order valence-corrected chi connectivity index (χ1v) is 6.57. The molecule has 0 heterocycles. The lowest BCUT2D eigenvalue weighted by molar-refractivity contribution is 0.0907. The van der Waals surface area contributed by atoms with Crippen molar-refractivity contribution in [1.82, 2.24) is 5.32 Å². The van der Waals surface area contributed by atoms with Gasteiger partial charge in [-0.1, -0.05) is 18.2 Å². The van der Waals surface area contributed by atoms with Gasteiger partial charge in [0.05, 0.1) is 11.1 Å². The van der Waals surface area contributed by atoms with Gasteiger partial charge in [-0.2, -0.15) is 0 Å². The number of nitrogens with one attached hydrogen (secondary N) is 1. The minimum absolute atomic E-state index is 0.193. The maximum atomic E-state index is 13.8. The van der Waals surface area contributed by atoms with E-state index in [1.165, 1.54) is 31.2 Å². The molecule has 0 aromatic heterocycles. The normalized spacial score (nSPS) is 12.0. The summed E-state index contributed by atoms with van der Waals surface area (Å²) in [6, 6.07) is 7.48. The van der Waals surface area contributed by atoms with Crippen LogP contribution in [0.3, 0.4) is 0 Å². The number of hydrogen-bond acceptors (Lipinski definition) is 2. The number of rotatable bonds is 4. The van der Waals surface area contributed by atoms with Gasteiger partial charge >= 0.3 is 0 Å². The summed E-state index contributed by atoms with van der Waals surface area (Å²) < 4.78 is 40.8. The molecule has 0 saturated carbocycles. The van der Waals surface area contributed by atoms with Crippen LogP contribution in [-0.2, 0) is 0 Å². The maximum absolute atomic E-state index is 13.8. The average Bonchev–Trinajstić information content (AvgIpc) is 2.47. The molecular formula is C16H14F3NO2. The van der Waals surface area contributed by atoms with Gasteiger partial charge in [0.2, 0.25) is 0 Å². The van der Waals surface area contributed by atoms with Crippen LogP contribution in [0.2, 0.25) is 0 Å². The topological polar surface area (TPSA) is 49.3 Å². The van der Waals surface area contributed by atoms with Crippen LogP contribution in [0.15, 0.2) is 36.4 Å². The molecule has 2 aromatic rings. The minimum Gasteiger partial charge on any atom is -0.386 e. The number of carbonyl (C=O) groups is 1. The SMILES string of the molecule is Cc1cccc(C(=O)NCC(O)c2c(F)cccc2F)c1F. The Morgan fingerprint density at radius 2 is 1.73 bits per heavy atom. The van der Waals surface area contributed by atoms with Crippen LogP contribution < -0.4 is 5.32 Å². The molecule has 22 heavy (non-hydrogen) atoms. The predicted molar refractivity (Wildman–Crippen MR) is 74.8 cm³/mol. The number of carbonyl (C=O) groups excluding carboxylic acids is 1. The van der Waals surface area contributed by atoms with Gasteiger partial charge in [0.25, 0.3) is 5.91 Å². The van der Waals surface area contributed by atoms with E-state index in [0.717, 1.165) is 12.1 Å². The molecule has 0 fully saturated rings. The number of aliphatic hydroxyl groups excluding tert-OH is 1. The van der Waals surface area contributed by atoms with Gasteiger partial charge in [0.1, 0.15) is 23.6 Å². The largest absolute Gasteiger partial charge is 0.386 e. The van der Waals surface area contributed by atoms with E-state index in [-0.39, 0.29) is 5.56 Å². The van der Waals surface area contributed by atoms with Crippen molar-refractivity contribution in [2.75, 3.05) is 6.54 Å². The van der Waals surface area contributed by atoms with Gasteiger partial charge in [0, 0.05) is 6.54 Å². The van der Waals surface area contributed by atoms with E-state index in [2.05, 4.69) is 5.32 Å². The van der Waals surface area contributed by atoms with Gasteiger partial charge in [-0.05, 0) is 30.7 Å². The summed E-state index contributed by atoms with van der Waals surface area (Å²) in [5.74, 6) is -3.27. The molecule has 0 spiro atoms. The molecule has 1 unspecified atom stereocenters. The van der Waals surface area contributed by atoms with E-state index < -0.39 is 41.6 Å². The summed E-state index contributed by atoms with van der Waals surface area (Å²) in [6.45, 7) is 1.07. The fraction of sp³-hybridized carbons (Fsp3) is 0.188. The number of amides is 1. The first kappa shape index (κ1) is 16.0. The smallest absolute Gasteiger partial charge is 0.254 e. The lowest BCUT2D eigenvalue weighted by atomic mass is 10.1. The Hall–Kier alpha value is -2.34. The molecule has 0 aliphatic rings. The highest BCUT2D eigenvalue weighted by molar-refractivity contribution is 5.94. The highest BCUT2D eigenvalue weighted by atomic mass is 19.1. The van der Waals surface area contributed by atoms with Crippen LogP contribution in [0, 0.1) is 24.4 Å². The second-order valence-corrected chi connectivity index (χ2v) is 4.80. The zero-order chi connectivity index (χ0) is 16.3. The fourth-order valence-corrected chi connectivity index (χ4v) is 2.04. The molecule has 0 radical (unpaired) electrons. The van der Waals surface area contributed by atoms with Crippen LogP contribution in [0.1, 0.15) is 27.6 Å². The first-order chi connectivity index (χ1) is 10.4. The molecule has 2 rings (SSSR count). The van der Waals surface area contributed by atoms with Crippen molar-refractivity contribution in [3.8, 4) is 0 Å². The standard InChI is InChI=1S/C16H14F3NO2/c1-9-4-2-5-10(15(9)19)16(22)20-8-13(21)14-11(17)6-3-7-12(14)18/h2-7,13,21H,8H2,1H3,(H,20,22). The second kappa shape index (κ2) is 6.62. The molecule has 116 valence electrons. The van der Waals surface area contributed by atoms with E-state index in [9.17, 15) is 23.1 Å². The van der Waals surface area contributed by atoms with Crippen molar-refractivity contribution >= 4 is 5.91 Å². The monoisotopic (exact) mass is 309 g/mol. The van der Waals surface area contributed by atoms with E-state index in [1.807, 2.05) is 0 Å². The Bertz CT molecular complexity index is 684. The minimum atomic E-state index is -1.57. The quantitative estimate of drug-likeness (QED) is 0.912. The predicted octanol–water partition coefficient (Wildman–Crippen LogP) is 2.88. The third-order valence-corrected chi connectivity index (χ3v) is 3.23. The molecule has 0 saturated heterocycles. The van der Waals surface area contributed by atoms with E-state index in [0.29, 0.717) is 5.56 Å². The van der Waals surface area contributed by atoms with Crippen LogP contribution in [-0.4, -0.2) is 17.6 Å². The lowest BCUT2D eigenvalue weighted by Gasteiger charge is -2.14. The van der Waals surface area contributed by atoms with Crippen molar-refractivity contribution < 1.29 is 23.1 Å². The summed E-state index contributed by atoms with van der Waals surface area (Å²) in [4.78, 5) is 11.9. The molecule has 0 aliphatic heterocycles. The Morgan fingerprint density at radius 3 is 2.36 bits per heavy atom. The lowest BCUT2D eigenvalue weighted by Crippen LogP contribution is -2.29. The molecule has 0 aliphatic carbocycles. The molecule has 0 bridgehead atoms. The Labute approximate surface area is 125 Å². The Balaban J connectivity index is 2.09. The molecule has 2 aromatic carbocycles. The van der Waals surface area contributed by atoms with Gasteiger partial charge < -0.3 is 10.4 Å². The van der Waals surface area contributed by atoms with Crippen LogP contribution in [0.5, 0.6) is 0 Å². The van der Waals surface area contributed by atoms with Gasteiger partial charge in [-0.15, -0.1) is 0 Å². The molecule has 6 heteroatoms. The van der Waals surface area contributed by atoms with E-state index in [4.69, 9.17) is 0 Å². The zero-order valence-electron chi connectivity index (χ0n) is 11.7. The molecular weight excluding hydrogens is 295 g/mol. The summed E-state index contributed by atoms with van der Waals surface area (Å²) >= 11 is 0. The number of aryl methyl sites for hydroxylation is 1. The first-order valence-electron chi connectivity index (χ1n) is 6.57. The van der Waals surface area contributed by atoms with Gasteiger partial charge in [-0.25, -0.2) is 13.2 Å². The van der Waals surface area contributed by atoms with Crippen LogP contribution in [0.4, 0.5) is 13.2 Å². The Morgan fingerprint density at radius 1 is 1.14 bits per heavy atom. The van der Waals surface area contributed by atoms with E-state index >= 15 is 0 Å². The summed E-state index contributed by atoms with van der Waals surface area (Å²) in [6.07, 6.45) is -1.57. The summed E-state index contributed by atoms with van der Waals surface area (Å²) in [7, 11) is 0. The molecule has 1 amide bonds. The van der Waals surface area contributed by atoms with Crippen molar-refractivity contribution in [2.45, 2.75) is 13.0 Å². The van der Waals surface area contributed by atoms with E-state index in [1.54, 1.807) is 0 Å². The molecule has 1 atom stereocenters. The van der Waals surface area contributed by atoms with Gasteiger partial charge in [0.15, 0.2) is 0 Å².